The molecular weight excluding hydrogens is 529 g/mol. The van der Waals surface area contributed by atoms with Gasteiger partial charge in [-0.3, -0.25) is 19.2 Å². The fourth-order valence-electron chi connectivity index (χ4n) is 6.41. The van der Waals surface area contributed by atoms with E-state index in [2.05, 4.69) is 10.6 Å². The van der Waals surface area contributed by atoms with Crippen LogP contribution in [0.2, 0.25) is 0 Å². The number of carbonyl (C=O) groups is 5. The minimum absolute atomic E-state index is 0.00944. The summed E-state index contributed by atoms with van der Waals surface area (Å²) in [7, 11) is 0. The van der Waals surface area contributed by atoms with Crippen molar-refractivity contribution >= 4 is 29.4 Å². The molecule has 40 heavy (non-hydrogen) atoms. The highest BCUT2D eigenvalue weighted by Gasteiger charge is 2.70. The van der Waals surface area contributed by atoms with Crippen molar-refractivity contribution in [3.63, 3.8) is 0 Å². The summed E-state index contributed by atoms with van der Waals surface area (Å²) in [5, 5.41) is 7.22. The van der Waals surface area contributed by atoms with Gasteiger partial charge in [-0.1, -0.05) is 53.9 Å². The molecular formula is C28H41F3N4O5. The number of hydrogen-bond acceptors (Lipinski definition) is 5. The number of piperidine rings is 1. The molecule has 9 nitrogen and oxygen atoms in total. The summed E-state index contributed by atoms with van der Waals surface area (Å²) < 4.78 is 40.2. The number of hydrogen-bond donors (Lipinski definition) is 3. The van der Waals surface area contributed by atoms with Crippen molar-refractivity contribution in [2.45, 2.75) is 110 Å². The van der Waals surface area contributed by atoms with Gasteiger partial charge in [0.25, 0.3) is 0 Å². The molecule has 1 saturated heterocycles. The first kappa shape index (κ1) is 30.3. The summed E-state index contributed by atoms with van der Waals surface area (Å²) in [5.74, 6) is -2.37. The molecule has 0 aromatic rings. The fourth-order valence-corrected chi connectivity index (χ4v) is 6.41. The smallest absolute Gasteiger partial charge is 0.344 e. The Morgan fingerprint density at radius 1 is 1.00 bits per heavy atom. The first-order valence-corrected chi connectivity index (χ1v) is 14.1. The van der Waals surface area contributed by atoms with Crippen LogP contribution < -0.4 is 16.0 Å². The molecule has 12 heteroatoms. The van der Waals surface area contributed by atoms with E-state index in [9.17, 15) is 37.1 Å². The zero-order valence-electron chi connectivity index (χ0n) is 24.0. The van der Waals surface area contributed by atoms with Crippen LogP contribution in [-0.4, -0.2) is 70.7 Å². The number of halogens is 3. The van der Waals surface area contributed by atoms with E-state index in [1.165, 1.54) is 11.8 Å². The second-order valence-corrected chi connectivity index (χ2v) is 13.9. The zero-order valence-corrected chi connectivity index (χ0v) is 24.0. The zero-order chi connectivity index (χ0) is 30.0. The number of nitrogens with one attached hydrogen (secondary N) is 3. The van der Waals surface area contributed by atoms with Gasteiger partial charge in [-0.05, 0) is 47.8 Å². The van der Waals surface area contributed by atoms with Crippen LogP contribution >= 0.6 is 0 Å². The van der Waals surface area contributed by atoms with Crippen molar-refractivity contribution in [1.82, 2.24) is 20.9 Å². The van der Waals surface area contributed by atoms with E-state index in [1.54, 1.807) is 20.8 Å². The highest BCUT2D eigenvalue weighted by atomic mass is 19.4. The van der Waals surface area contributed by atoms with Crippen molar-refractivity contribution in [3.8, 4) is 0 Å². The van der Waals surface area contributed by atoms with E-state index in [4.69, 9.17) is 0 Å². The largest absolute Gasteiger partial charge is 0.411 e. The maximum absolute atomic E-state index is 13.9. The van der Waals surface area contributed by atoms with Gasteiger partial charge < -0.3 is 20.9 Å². The Bertz CT molecular complexity index is 1090. The summed E-state index contributed by atoms with van der Waals surface area (Å²) in [6, 6.07) is -4.22. The van der Waals surface area contributed by atoms with Crippen molar-refractivity contribution in [2.24, 2.45) is 28.6 Å². The maximum Gasteiger partial charge on any atom is 0.411 e. The molecule has 4 fully saturated rings. The number of fused-ring (bicyclic) bond motifs is 1. The van der Waals surface area contributed by atoms with Gasteiger partial charge in [-0.25, -0.2) is 4.79 Å². The Labute approximate surface area is 232 Å². The predicted octanol–water partition coefficient (Wildman–Crippen LogP) is 3.11. The molecule has 0 aromatic carbocycles. The van der Waals surface area contributed by atoms with E-state index < -0.39 is 64.7 Å². The predicted molar refractivity (Wildman–Crippen MR) is 139 cm³/mol. The van der Waals surface area contributed by atoms with Crippen LogP contribution in [0, 0.1) is 28.6 Å². The van der Waals surface area contributed by atoms with Gasteiger partial charge >= 0.3 is 12.2 Å². The van der Waals surface area contributed by atoms with E-state index >= 15 is 0 Å². The molecule has 1 heterocycles. The summed E-state index contributed by atoms with van der Waals surface area (Å²) in [4.78, 5) is 66.3. The Morgan fingerprint density at radius 2 is 1.60 bits per heavy atom. The van der Waals surface area contributed by atoms with Crippen LogP contribution in [0.5, 0.6) is 0 Å². The third-order valence-corrected chi connectivity index (χ3v) is 9.57. The number of Topliss-reactive ketones (excluding diaryl/α,β-unsaturated/α-hetero) is 2. The van der Waals surface area contributed by atoms with E-state index in [1.807, 2.05) is 19.2 Å². The second-order valence-electron chi connectivity index (χ2n) is 13.9. The number of ketones is 2. The number of alkyl halides is 3. The number of rotatable bonds is 9. The van der Waals surface area contributed by atoms with Crippen LogP contribution in [-0.2, 0) is 19.2 Å². The Morgan fingerprint density at radius 3 is 2.05 bits per heavy atom. The minimum atomic E-state index is -4.61. The molecule has 4 rings (SSSR count). The first-order valence-electron chi connectivity index (χ1n) is 14.1. The lowest BCUT2D eigenvalue weighted by Gasteiger charge is -2.38. The molecule has 0 bridgehead atoms. The SMILES string of the molecule is CC(=O)C(=O)C(CC1CCC1)NC(=O)[C@@H]1C2C(CN1C(=O)C(NC(=O)NC1(C(F)(F)F)CC1)C(C)(C)C)C2(C)C. The third kappa shape index (κ3) is 5.59. The molecule has 3 N–H and O–H groups in total. The number of nitrogens with zero attached hydrogens (tertiary/aromatic N) is 1. The van der Waals surface area contributed by atoms with Crippen molar-refractivity contribution in [1.29, 1.82) is 0 Å². The highest BCUT2D eigenvalue weighted by molar-refractivity contribution is 6.38. The molecule has 4 amide bonds. The number of carbonyl (C=O) groups excluding carboxylic acids is 5. The van der Waals surface area contributed by atoms with Crippen LogP contribution in [0.4, 0.5) is 18.0 Å². The molecule has 224 valence electrons. The highest BCUT2D eigenvalue weighted by Crippen LogP contribution is 2.65. The van der Waals surface area contributed by atoms with Crippen molar-refractivity contribution in [2.75, 3.05) is 6.54 Å². The van der Waals surface area contributed by atoms with Crippen LogP contribution in [0.15, 0.2) is 0 Å². The van der Waals surface area contributed by atoms with Gasteiger partial charge in [0.1, 0.15) is 17.6 Å². The summed E-state index contributed by atoms with van der Waals surface area (Å²) in [6.07, 6.45) is -1.85. The van der Waals surface area contributed by atoms with Gasteiger partial charge in [0.05, 0.1) is 6.04 Å². The molecule has 0 radical (unpaired) electrons. The topological polar surface area (TPSA) is 125 Å². The Kier molecular flexibility index (Phi) is 7.58. The van der Waals surface area contributed by atoms with Gasteiger partial charge in [0.2, 0.25) is 17.6 Å². The molecule has 4 aliphatic rings. The lowest BCUT2D eigenvalue weighted by Crippen LogP contribution is -2.62. The lowest BCUT2D eigenvalue weighted by molar-refractivity contribution is -0.162. The lowest BCUT2D eigenvalue weighted by atomic mass is 9.79. The maximum atomic E-state index is 13.9. The van der Waals surface area contributed by atoms with Gasteiger partial charge in [-0.2, -0.15) is 13.2 Å². The van der Waals surface area contributed by atoms with Crippen molar-refractivity contribution in [3.05, 3.63) is 0 Å². The molecule has 1 aliphatic heterocycles. The molecule has 0 spiro atoms. The molecule has 3 aliphatic carbocycles. The fraction of sp³-hybridized carbons (Fsp3) is 0.821. The standard InChI is InChI=1S/C28H41F3N4O5/c1-14(36)20(37)17(12-15-8-7-9-15)32-22(38)19-18-16(26(18,5)6)13-35(19)23(39)21(25(2,3)4)33-24(40)34-27(10-11-27)28(29,30)31/h15-19,21H,7-13H2,1-6H3,(H,32,38)(H2,33,34,40)/t16?,17?,18?,19-,21?/m0/s1. The van der Waals surface area contributed by atoms with E-state index in [0.717, 1.165) is 19.3 Å². The van der Waals surface area contributed by atoms with Crippen LogP contribution in [0.25, 0.3) is 0 Å². The van der Waals surface area contributed by atoms with Gasteiger partial charge in [0, 0.05) is 13.5 Å². The monoisotopic (exact) mass is 570 g/mol. The molecule has 4 unspecified atom stereocenters. The normalized spacial score (nSPS) is 27.9. The summed E-state index contributed by atoms with van der Waals surface area (Å²) in [6.45, 7) is 10.5. The Hall–Kier alpha value is -2.66. The van der Waals surface area contributed by atoms with Crippen LogP contribution in [0.3, 0.4) is 0 Å². The molecule has 3 saturated carbocycles. The summed E-state index contributed by atoms with van der Waals surface area (Å²) in [5.41, 5.74) is -3.41. The van der Waals surface area contributed by atoms with Crippen LogP contribution in [0.1, 0.15) is 80.1 Å². The van der Waals surface area contributed by atoms with Gasteiger partial charge in [-0.15, -0.1) is 0 Å². The van der Waals surface area contributed by atoms with E-state index in [-0.39, 0.29) is 42.6 Å². The average molecular weight is 571 g/mol. The summed E-state index contributed by atoms with van der Waals surface area (Å²) >= 11 is 0. The third-order valence-electron chi connectivity index (χ3n) is 9.57. The first-order chi connectivity index (χ1) is 18.3. The van der Waals surface area contributed by atoms with Crippen molar-refractivity contribution < 1.29 is 37.1 Å². The van der Waals surface area contributed by atoms with E-state index in [0.29, 0.717) is 6.42 Å². The number of likely N-dealkylation sites (tertiary alicyclic amines) is 1. The Balaban J connectivity index is 1.53. The molecule has 5 atom stereocenters. The molecule has 0 aromatic heterocycles. The quantitative estimate of drug-likeness (QED) is 0.368. The number of urea groups is 1. The second kappa shape index (κ2) is 10.0. The minimum Gasteiger partial charge on any atom is -0.344 e. The van der Waals surface area contributed by atoms with Gasteiger partial charge in [0.15, 0.2) is 5.78 Å². The number of amides is 4. The average Bonchev–Trinajstić information content (AvgIpc) is 3.61.